The van der Waals surface area contributed by atoms with Gasteiger partial charge in [0.1, 0.15) is 0 Å². The summed E-state index contributed by atoms with van der Waals surface area (Å²) in [5.74, 6) is 0. The van der Waals surface area contributed by atoms with Crippen LogP contribution in [0.3, 0.4) is 0 Å². The van der Waals surface area contributed by atoms with E-state index in [1.54, 1.807) is 24.3 Å². The average Bonchev–Trinajstić information content (AvgIpc) is 2.27. The molecule has 0 radical (unpaired) electrons. The molecule has 0 saturated heterocycles. The Morgan fingerprint density at radius 3 is 2.27 bits per heavy atom. The molecule has 2 aromatic rings. The van der Waals surface area contributed by atoms with Crippen molar-refractivity contribution in [2.24, 2.45) is 0 Å². The molecule has 0 heterocycles. The third kappa shape index (κ3) is 1.61. The van der Waals surface area contributed by atoms with E-state index in [1.165, 1.54) is 12.1 Å². The first-order valence-corrected chi connectivity index (χ1v) is 4.49. The van der Waals surface area contributed by atoms with Crippen molar-refractivity contribution < 1.29 is 13.6 Å². The van der Waals surface area contributed by atoms with Crippen LogP contribution in [0.5, 0.6) is 0 Å². The van der Waals surface area contributed by atoms with E-state index in [0.717, 1.165) is 0 Å². The minimum atomic E-state index is -2.52. The summed E-state index contributed by atoms with van der Waals surface area (Å²) in [6.45, 7) is 0. The molecule has 0 unspecified atom stereocenters. The van der Waals surface area contributed by atoms with Crippen molar-refractivity contribution in [3.8, 4) is 0 Å². The highest BCUT2D eigenvalue weighted by molar-refractivity contribution is 5.99. The number of aldehydes is 1. The normalized spacial score (nSPS) is 10.9. The van der Waals surface area contributed by atoms with Crippen molar-refractivity contribution in [2.45, 2.75) is 6.43 Å². The maximum Gasteiger partial charge on any atom is 0.264 e. The van der Waals surface area contributed by atoms with Gasteiger partial charge < -0.3 is 0 Å². The summed E-state index contributed by atoms with van der Waals surface area (Å²) < 4.78 is 25.3. The van der Waals surface area contributed by atoms with Crippen LogP contribution in [0.25, 0.3) is 10.8 Å². The summed E-state index contributed by atoms with van der Waals surface area (Å²) in [6, 6.07) is 9.41. The van der Waals surface area contributed by atoms with Crippen molar-refractivity contribution in [3.63, 3.8) is 0 Å². The molecule has 0 aromatic heterocycles. The van der Waals surface area contributed by atoms with Crippen LogP contribution in [0.4, 0.5) is 8.78 Å². The first-order valence-electron chi connectivity index (χ1n) is 4.49. The van der Waals surface area contributed by atoms with Crippen LogP contribution in [0.2, 0.25) is 0 Å². The largest absolute Gasteiger partial charge is 0.298 e. The van der Waals surface area contributed by atoms with Gasteiger partial charge in [0.15, 0.2) is 6.29 Å². The van der Waals surface area contributed by atoms with E-state index in [0.29, 0.717) is 22.6 Å². The van der Waals surface area contributed by atoms with Crippen molar-refractivity contribution >= 4 is 17.1 Å². The van der Waals surface area contributed by atoms with Gasteiger partial charge in [-0.2, -0.15) is 0 Å². The monoisotopic (exact) mass is 206 g/mol. The Kier molecular flexibility index (Phi) is 2.46. The minimum Gasteiger partial charge on any atom is -0.298 e. The van der Waals surface area contributed by atoms with Crippen LogP contribution in [0, 0.1) is 0 Å². The predicted octanol–water partition coefficient (Wildman–Crippen LogP) is 3.59. The Labute approximate surface area is 85.3 Å². The Morgan fingerprint density at radius 1 is 1.00 bits per heavy atom. The molecule has 0 atom stereocenters. The fourth-order valence-corrected chi connectivity index (χ4v) is 1.64. The van der Waals surface area contributed by atoms with E-state index in [9.17, 15) is 13.6 Å². The van der Waals surface area contributed by atoms with Gasteiger partial charge in [0.05, 0.1) is 0 Å². The zero-order chi connectivity index (χ0) is 10.8. The van der Waals surface area contributed by atoms with E-state index < -0.39 is 6.43 Å². The van der Waals surface area contributed by atoms with Crippen LogP contribution >= 0.6 is 0 Å². The number of alkyl halides is 2. The maximum atomic E-state index is 12.6. The summed E-state index contributed by atoms with van der Waals surface area (Å²) in [5.41, 5.74) is 0.409. The average molecular weight is 206 g/mol. The molecule has 0 fully saturated rings. The number of hydrogen-bond acceptors (Lipinski definition) is 1. The summed E-state index contributed by atoms with van der Waals surface area (Å²) in [5, 5.41) is 1.02. The van der Waals surface area contributed by atoms with E-state index in [1.807, 2.05) is 0 Å². The zero-order valence-corrected chi connectivity index (χ0v) is 7.78. The molecule has 76 valence electrons. The minimum absolute atomic E-state index is 0.0313. The van der Waals surface area contributed by atoms with E-state index in [4.69, 9.17) is 0 Å². The fourth-order valence-electron chi connectivity index (χ4n) is 1.64. The first kappa shape index (κ1) is 9.77. The number of carbonyl (C=O) groups is 1. The van der Waals surface area contributed by atoms with Crippen molar-refractivity contribution in [1.29, 1.82) is 0 Å². The molecule has 0 aliphatic carbocycles. The van der Waals surface area contributed by atoms with Gasteiger partial charge in [0.2, 0.25) is 0 Å². The smallest absolute Gasteiger partial charge is 0.264 e. The SMILES string of the molecule is O=Cc1ccc(C(F)F)c2ccccc12. The lowest BCUT2D eigenvalue weighted by Gasteiger charge is -2.06. The van der Waals surface area contributed by atoms with Crippen LogP contribution in [0.15, 0.2) is 36.4 Å². The molecule has 0 N–H and O–H groups in total. The van der Waals surface area contributed by atoms with E-state index >= 15 is 0 Å². The van der Waals surface area contributed by atoms with Crippen molar-refractivity contribution in [1.82, 2.24) is 0 Å². The molecule has 0 saturated carbocycles. The molecule has 0 spiro atoms. The fraction of sp³-hybridized carbons (Fsp3) is 0.0833. The molecule has 0 aliphatic heterocycles. The molecule has 0 aliphatic rings. The summed E-state index contributed by atoms with van der Waals surface area (Å²) >= 11 is 0. The van der Waals surface area contributed by atoms with Gasteiger partial charge in [-0.3, -0.25) is 4.79 Å². The number of hydrogen-bond donors (Lipinski definition) is 0. The summed E-state index contributed by atoms with van der Waals surface area (Å²) in [4.78, 5) is 10.7. The molecule has 2 aromatic carbocycles. The van der Waals surface area contributed by atoms with Crippen LogP contribution < -0.4 is 0 Å². The van der Waals surface area contributed by atoms with Gasteiger partial charge in [0.25, 0.3) is 6.43 Å². The lowest BCUT2D eigenvalue weighted by molar-refractivity contribution is 0.112. The molecule has 15 heavy (non-hydrogen) atoms. The number of benzene rings is 2. The molecule has 1 nitrogen and oxygen atoms in total. The van der Waals surface area contributed by atoms with E-state index in [-0.39, 0.29) is 5.56 Å². The molecule has 0 bridgehead atoms. The summed E-state index contributed by atoms with van der Waals surface area (Å²) in [6.07, 6.45) is -1.84. The second kappa shape index (κ2) is 3.77. The number of carbonyl (C=O) groups excluding carboxylic acids is 1. The maximum absolute atomic E-state index is 12.6. The Bertz CT molecular complexity index is 506. The Hall–Kier alpha value is -1.77. The molecule has 3 heteroatoms. The second-order valence-electron chi connectivity index (χ2n) is 3.21. The van der Waals surface area contributed by atoms with Crippen molar-refractivity contribution in [2.75, 3.05) is 0 Å². The summed E-state index contributed by atoms with van der Waals surface area (Å²) in [7, 11) is 0. The van der Waals surface area contributed by atoms with Gasteiger partial charge in [0, 0.05) is 11.1 Å². The Balaban J connectivity index is 2.83. The van der Waals surface area contributed by atoms with Gasteiger partial charge in [-0.25, -0.2) is 8.78 Å². The predicted molar refractivity (Wildman–Crippen MR) is 54.3 cm³/mol. The standard InChI is InChI=1S/C12H8F2O/c13-12(14)11-6-5-8(7-15)9-3-1-2-4-10(9)11/h1-7,12H. The van der Waals surface area contributed by atoms with Gasteiger partial charge in [-0.05, 0) is 10.8 Å². The highest BCUT2D eigenvalue weighted by Crippen LogP contribution is 2.29. The molecule has 0 amide bonds. The zero-order valence-electron chi connectivity index (χ0n) is 7.78. The lowest BCUT2D eigenvalue weighted by atomic mass is 10.0. The van der Waals surface area contributed by atoms with E-state index in [2.05, 4.69) is 0 Å². The second-order valence-corrected chi connectivity index (χ2v) is 3.21. The van der Waals surface area contributed by atoms with Crippen LogP contribution in [-0.4, -0.2) is 6.29 Å². The quantitative estimate of drug-likeness (QED) is 0.686. The van der Waals surface area contributed by atoms with Gasteiger partial charge in [-0.15, -0.1) is 0 Å². The third-order valence-corrected chi connectivity index (χ3v) is 2.35. The number of rotatable bonds is 2. The lowest BCUT2D eigenvalue weighted by Crippen LogP contribution is -1.90. The highest BCUT2D eigenvalue weighted by Gasteiger charge is 2.12. The Morgan fingerprint density at radius 2 is 1.67 bits per heavy atom. The van der Waals surface area contributed by atoms with Gasteiger partial charge in [-0.1, -0.05) is 36.4 Å². The molecule has 2 rings (SSSR count). The number of halogens is 2. The topological polar surface area (TPSA) is 17.1 Å². The molecular weight excluding hydrogens is 198 g/mol. The van der Waals surface area contributed by atoms with Crippen LogP contribution in [0.1, 0.15) is 22.3 Å². The number of fused-ring (bicyclic) bond motifs is 1. The first-order chi connectivity index (χ1) is 7.24. The third-order valence-electron chi connectivity index (χ3n) is 2.35. The highest BCUT2D eigenvalue weighted by atomic mass is 19.3. The van der Waals surface area contributed by atoms with Gasteiger partial charge >= 0.3 is 0 Å². The van der Waals surface area contributed by atoms with Crippen LogP contribution in [-0.2, 0) is 0 Å². The van der Waals surface area contributed by atoms with Crippen molar-refractivity contribution in [3.05, 3.63) is 47.5 Å². The molecular formula is C12H8F2O.